The van der Waals surface area contributed by atoms with Crippen LogP contribution in [0, 0.1) is 6.92 Å². The Kier molecular flexibility index (Phi) is 3.31. The average Bonchev–Trinajstić information content (AvgIpc) is 2.16. The Labute approximate surface area is 95.4 Å². The lowest BCUT2D eigenvalue weighted by Crippen LogP contribution is -2.19. The van der Waals surface area contributed by atoms with Gasteiger partial charge in [-0.25, -0.2) is 4.21 Å². The minimum Gasteiger partial charge on any atom is -0.234 e. The quantitative estimate of drug-likeness (QED) is 0.710. The second kappa shape index (κ2) is 4.71. The molecule has 3 heteroatoms. The highest BCUT2D eigenvalue weighted by molar-refractivity contribution is 7.85. The summed E-state index contributed by atoms with van der Waals surface area (Å²) in [7, 11) is -1.37. The summed E-state index contributed by atoms with van der Waals surface area (Å²) in [6.07, 6.45) is 0.0805. The van der Waals surface area contributed by atoms with Crippen molar-refractivity contribution in [2.24, 2.45) is 4.40 Å². The first kappa shape index (κ1) is 10.6. The smallest absolute Gasteiger partial charge is 0.144 e. The van der Waals surface area contributed by atoms with Gasteiger partial charge in [-0.3, -0.25) is 0 Å². The third-order valence-electron chi connectivity index (χ3n) is 1.80. The van der Waals surface area contributed by atoms with Crippen LogP contribution >= 0.6 is 0 Å². The molecule has 1 aromatic carbocycles. The first-order valence-corrected chi connectivity index (χ1v) is 5.96. The van der Waals surface area contributed by atoms with Crippen LogP contribution < -0.4 is 0 Å². The molecule has 0 aliphatic heterocycles. The van der Waals surface area contributed by atoms with E-state index in [0.717, 1.165) is 5.56 Å². The molecule has 0 aliphatic rings. The number of nitrogens with zero attached hydrogens (tertiary/aromatic N) is 1. The van der Waals surface area contributed by atoms with Crippen LogP contribution in [-0.2, 0) is 11.0 Å². The Morgan fingerprint density at radius 2 is 2.13 bits per heavy atom. The summed E-state index contributed by atoms with van der Waals surface area (Å²) in [5.41, 5.74) is 1.77. The Morgan fingerprint density at radius 3 is 2.67 bits per heavy atom. The van der Waals surface area contributed by atoms with Gasteiger partial charge in [0, 0.05) is 6.19 Å². The summed E-state index contributed by atoms with van der Waals surface area (Å²) in [5, 5.41) is 0. The predicted molar refractivity (Wildman–Crippen MR) is 66.7 cm³/mol. The molecule has 1 aromatic rings. The van der Waals surface area contributed by atoms with Gasteiger partial charge in [-0.2, -0.15) is 4.40 Å². The molecule has 2 nitrogen and oxygen atoms in total. The van der Waals surface area contributed by atoms with Gasteiger partial charge >= 0.3 is 0 Å². The van der Waals surface area contributed by atoms with Crippen LogP contribution in [0.2, 0.25) is 0 Å². The molecular weight excluding hydrogens is 206 g/mol. The van der Waals surface area contributed by atoms with Crippen molar-refractivity contribution in [2.75, 3.05) is 0 Å². The SMILES string of the molecule is [2H]/C(=N\S(=O)C(C)(C)C)c1cccc(C)c1. The van der Waals surface area contributed by atoms with Gasteiger partial charge in [0.1, 0.15) is 11.0 Å². The number of aryl methyl sites for hydroxylation is 1. The molecule has 0 spiro atoms. The molecule has 0 amide bonds. The topological polar surface area (TPSA) is 29.4 Å². The van der Waals surface area contributed by atoms with E-state index in [1.807, 2.05) is 45.9 Å². The fourth-order valence-electron chi connectivity index (χ4n) is 0.946. The van der Waals surface area contributed by atoms with Gasteiger partial charge in [0.05, 0.1) is 6.12 Å². The summed E-state index contributed by atoms with van der Waals surface area (Å²) in [5.74, 6) is 0. The maximum Gasteiger partial charge on any atom is 0.144 e. The van der Waals surface area contributed by atoms with Crippen molar-refractivity contribution in [3.8, 4) is 0 Å². The summed E-state index contributed by atoms with van der Waals surface area (Å²) < 4.78 is 23.0. The van der Waals surface area contributed by atoms with Crippen molar-refractivity contribution >= 4 is 17.2 Å². The van der Waals surface area contributed by atoms with Crippen molar-refractivity contribution in [1.29, 1.82) is 0 Å². The largest absolute Gasteiger partial charge is 0.234 e. The number of hydrogen-bond donors (Lipinski definition) is 0. The average molecular weight is 224 g/mol. The highest BCUT2D eigenvalue weighted by Crippen LogP contribution is 2.12. The van der Waals surface area contributed by atoms with Gasteiger partial charge in [0.25, 0.3) is 0 Å². The van der Waals surface area contributed by atoms with Gasteiger partial charge in [-0.15, -0.1) is 0 Å². The molecule has 0 N–H and O–H groups in total. The number of benzene rings is 1. The van der Waals surface area contributed by atoms with E-state index < -0.39 is 15.7 Å². The van der Waals surface area contributed by atoms with Crippen LogP contribution in [0.3, 0.4) is 0 Å². The third-order valence-corrected chi connectivity index (χ3v) is 3.10. The molecule has 0 radical (unpaired) electrons. The predicted octanol–water partition coefficient (Wildman–Crippen LogP) is 2.88. The van der Waals surface area contributed by atoms with Gasteiger partial charge in [0.2, 0.25) is 0 Å². The van der Waals surface area contributed by atoms with Crippen molar-refractivity contribution in [1.82, 2.24) is 0 Å². The third kappa shape index (κ3) is 3.96. The summed E-state index contributed by atoms with van der Waals surface area (Å²) in [4.78, 5) is 0. The van der Waals surface area contributed by atoms with E-state index in [4.69, 9.17) is 1.37 Å². The molecule has 82 valence electrons. The van der Waals surface area contributed by atoms with Crippen LogP contribution in [0.15, 0.2) is 28.7 Å². The van der Waals surface area contributed by atoms with Crippen molar-refractivity contribution in [3.05, 3.63) is 35.4 Å². The number of rotatable bonds is 2. The van der Waals surface area contributed by atoms with Gasteiger partial charge in [-0.1, -0.05) is 29.8 Å². The molecule has 1 atom stereocenters. The zero-order valence-electron chi connectivity index (χ0n) is 10.6. The Morgan fingerprint density at radius 1 is 1.47 bits per heavy atom. The van der Waals surface area contributed by atoms with E-state index in [1.54, 1.807) is 6.07 Å². The fourth-order valence-corrected chi connectivity index (χ4v) is 1.41. The Balaban J connectivity index is 2.99. The first-order chi connectivity index (χ1) is 7.30. The highest BCUT2D eigenvalue weighted by Gasteiger charge is 2.17. The molecule has 1 rings (SSSR count). The molecule has 0 aromatic heterocycles. The normalized spacial score (nSPS) is 16.0. The minimum atomic E-state index is -1.37. The molecule has 0 fully saturated rings. The molecule has 0 heterocycles. The second-order valence-electron chi connectivity index (χ2n) is 4.43. The van der Waals surface area contributed by atoms with Crippen LogP contribution in [0.5, 0.6) is 0 Å². The molecule has 0 saturated heterocycles. The standard InChI is InChI=1S/C12H17NOS/c1-10-6-5-7-11(8-10)9-13-15(14)12(2,3)4/h5-9H,1-4H3/b13-9+/i9D. The molecule has 0 saturated carbocycles. The zero-order chi connectivity index (χ0) is 12.3. The lowest BCUT2D eigenvalue weighted by Gasteiger charge is -2.12. The van der Waals surface area contributed by atoms with Crippen LogP contribution in [-0.4, -0.2) is 15.1 Å². The molecule has 1 unspecified atom stereocenters. The molecular formula is C12H17NOS. The monoisotopic (exact) mass is 224 g/mol. The van der Waals surface area contributed by atoms with Crippen molar-refractivity contribution in [2.45, 2.75) is 32.4 Å². The van der Waals surface area contributed by atoms with Gasteiger partial charge < -0.3 is 0 Å². The van der Waals surface area contributed by atoms with E-state index in [9.17, 15) is 4.21 Å². The van der Waals surface area contributed by atoms with Crippen molar-refractivity contribution < 1.29 is 5.58 Å². The van der Waals surface area contributed by atoms with Crippen molar-refractivity contribution in [3.63, 3.8) is 0 Å². The molecule has 15 heavy (non-hydrogen) atoms. The summed E-state index contributed by atoms with van der Waals surface area (Å²) >= 11 is 0. The highest BCUT2D eigenvalue weighted by atomic mass is 32.2. The first-order valence-electron chi connectivity index (χ1n) is 5.35. The van der Waals surface area contributed by atoms with Crippen LogP contribution in [0.25, 0.3) is 0 Å². The Hall–Kier alpha value is -0.960. The van der Waals surface area contributed by atoms with E-state index in [-0.39, 0.29) is 6.19 Å². The van der Waals surface area contributed by atoms with Gasteiger partial charge in [-0.05, 0) is 33.3 Å². The number of hydrogen-bond acceptors (Lipinski definition) is 1. The molecule has 0 aliphatic carbocycles. The van der Waals surface area contributed by atoms with E-state index in [2.05, 4.69) is 4.40 Å². The van der Waals surface area contributed by atoms with E-state index in [1.165, 1.54) is 0 Å². The lowest BCUT2D eigenvalue weighted by atomic mass is 10.2. The van der Waals surface area contributed by atoms with Gasteiger partial charge in [0.15, 0.2) is 0 Å². The maximum atomic E-state index is 11.7. The molecule has 0 bridgehead atoms. The second-order valence-corrected chi connectivity index (χ2v) is 6.34. The zero-order valence-corrected chi connectivity index (χ0v) is 10.4. The minimum absolute atomic E-state index is 0.0805. The van der Waals surface area contributed by atoms with E-state index in [0.29, 0.717) is 5.56 Å². The fraction of sp³-hybridized carbons (Fsp3) is 0.417. The van der Waals surface area contributed by atoms with E-state index >= 15 is 0 Å². The lowest BCUT2D eigenvalue weighted by molar-refractivity contribution is 0.651. The Bertz CT molecular complexity index is 435. The van der Waals surface area contributed by atoms with Crippen LogP contribution in [0.1, 0.15) is 33.3 Å². The maximum absolute atomic E-state index is 11.7. The summed E-state index contributed by atoms with van der Waals surface area (Å²) in [6, 6.07) is 7.50. The summed E-state index contributed by atoms with van der Waals surface area (Å²) in [6.45, 7) is 7.49. The van der Waals surface area contributed by atoms with Crippen LogP contribution in [0.4, 0.5) is 0 Å².